The molecule has 1 fully saturated rings. The average molecular weight is 229 g/mol. The third-order valence-electron chi connectivity index (χ3n) is 2.43. The van der Waals surface area contributed by atoms with Crippen LogP contribution in [-0.4, -0.2) is 41.0 Å². The van der Waals surface area contributed by atoms with Gasteiger partial charge < -0.3 is 9.84 Å². The Hall–Kier alpha value is -1.01. The number of fused-ring (bicyclic) bond motifs is 1. The molecule has 0 radical (unpaired) electrons. The van der Waals surface area contributed by atoms with Crippen LogP contribution in [0.3, 0.4) is 0 Å². The zero-order valence-electron chi connectivity index (χ0n) is 8.23. The first kappa shape index (κ1) is 10.5. The lowest BCUT2D eigenvalue weighted by Crippen LogP contribution is -2.48. The first-order valence-electron chi connectivity index (χ1n) is 4.59. The number of ether oxygens (including phenoxy) is 1. The van der Waals surface area contributed by atoms with Gasteiger partial charge in [-0.15, -0.1) is 11.8 Å². The third kappa shape index (κ3) is 1.63. The number of amides is 1. The van der Waals surface area contributed by atoms with E-state index in [1.54, 1.807) is 7.11 Å². The molecule has 0 saturated carbocycles. The van der Waals surface area contributed by atoms with Gasteiger partial charge >= 0.3 is 5.97 Å². The standard InChI is InChI=1S/C9H11NO4S/c1-14-3-2-5-8(9(12)13)10-6(11)4-7(10)15-5/h7H,2-4H2,1H3,(H,12,13)/t7-/m0/s1. The summed E-state index contributed by atoms with van der Waals surface area (Å²) in [5, 5.41) is 9.03. The number of carboxylic acids is 1. The van der Waals surface area contributed by atoms with Crippen LogP contribution >= 0.6 is 11.8 Å². The molecule has 0 spiro atoms. The molecule has 1 N–H and O–H groups in total. The summed E-state index contributed by atoms with van der Waals surface area (Å²) in [7, 11) is 1.57. The molecular weight excluding hydrogens is 218 g/mol. The van der Waals surface area contributed by atoms with Crippen molar-refractivity contribution < 1.29 is 19.4 Å². The second kappa shape index (κ2) is 3.86. The molecule has 6 heteroatoms. The van der Waals surface area contributed by atoms with Gasteiger partial charge in [0.15, 0.2) is 0 Å². The van der Waals surface area contributed by atoms with Gasteiger partial charge in [0.1, 0.15) is 5.70 Å². The highest BCUT2D eigenvalue weighted by Crippen LogP contribution is 2.47. The minimum absolute atomic E-state index is 0.00968. The Morgan fingerprint density at radius 1 is 1.73 bits per heavy atom. The maximum atomic E-state index is 11.2. The van der Waals surface area contributed by atoms with Crippen LogP contribution in [0.2, 0.25) is 0 Å². The highest BCUT2D eigenvalue weighted by Gasteiger charge is 2.47. The first-order valence-corrected chi connectivity index (χ1v) is 5.47. The summed E-state index contributed by atoms with van der Waals surface area (Å²) in [5.74, 6) is -1.12. The maximum absolute atomic E-state index is 11.2. The lowest BCUT2D eigenvalue weighted by molar-refractivity contribution is -0.145. The first-order chi connectivity index (χ1) is 7.15. The topological polar surface area (TPSA) is 66.8 Å². The summed E-state index contributed by atoms with van der Waals surface area (Å²) >= 11 is 1.46. The van der Waals surface area contributed by atoms with Crippen molar-refractivity contribution in [1.82, 2.24) is 4.90 Å². The number of thioether (sulfide) groups is 1. The van der Waals surface area contributed by atoms with Gasteiger partial charge in [0.05, 0.1) is 18.4 Å². The van der Waals surface area contributed by atoms with Crippen molar-refractivity contribution in [2.24, 2.45) is 0 Å². The second-order valence-electron chi connectivity index (χ2n) is 3.36. The Morgan fingerprint density at radius 2 is 2.47 bits per heavy atom. The summed E-state index contributed by atoms with van der Waals surface area (Å²) < 4.78 is 4.91. The quantitative estimate of drug-likeness (QED) is 0.716. The molecule has 2 aliphatic heterocycles. The Balaban J connectivity index is 2.19. The van der Waals surface area contributed by atoms with E-state index in [2.05, 4.69) is 0 Å². The second-order valence-corrected chi connectivity index (χ2v) is 4.63. The summed E-state index contributed by atoms with van der Waals surface area (Å²) in [6, 6.07) is 0. The van der Waals surface area contributed by atoms with Crippen LogP contribution < -0.4 is 0 Å². The Bertz CT molecular complexity index is 352. The van der Waals surface area contributed by atoms with Crippen molar-refractivity contribution in [2.45, 2.75) is 18.2 Å². The fourth-order valence-electron chi connectivity index (χ4n) is 1.70. The van der Waals surface area contributed by atoms with E-state index >= 15 is 0 Å². The number of nitrogens with zero attached hydrogens (tertiary/aromatic N) is 1. The van der Waals surface area contributed by atoms with E-state index in [-0.39, 0.29) is 17.0 Å². The molecule has 5 nitrogen and oxygen atoms in total. The minimum atomic E-state index is -1.02. The predicted molar refractivity (Wildman–Crippen MR) is 54.0 cm³/mol. The van der Waals surface area contributed by atoms with Gasteiger partial charge in [-0.25, -0.2) is 4.79 Å². The molecule has 1 atom stereocenters. The molecule has 0 aromatic heterocycles. The van der Waals surface area contributed by atoms with E-state index < -0.39 is 5.97 Å². The van der Waals surface area contributed by atoms with E-state index in [9.17, 15) is 9.59 Å². The lowest BCUT2D eigenvalue weighted by Gasteiger charge is -2.33. The highest BCUT2D eigenvalue weighted by atomic mass is 32.2. The van der Waals surface area contributed by atoms with Gasteiger partial charge in [-0.2, -0.15) is 0 Å². The number of aliphatic carboxylic acids is 1. The van der Waals surface area contributed by atoms with Crippen molar-refractivity contribution in [3.05, 3.63) is 10.6 Å². The van der Waals surface area contributed by atoms with Crippen LogP contribution in [0.5, 0.6) is 0 Å². The molecule has 82 valence electrons. The smallest absolute Gasteiger partial charge is 0.353 e. The monoisotopic (exact) mass is 229 g/mol. The van der Waals surface area contributed by atoms with Crippen molar-refractivity contribution in [2.75, 3.05) is 13.7 Å². The van der Waals surface area contributed by atoms with Gasteiger partial charge in [0.2, 0.25) is 5.91 Å². The minimum Gasteiger partial charge on any atom is -0.477 e. The van der Waals surface area contributed by atoms with E-state index in [0.717, 1.165) is 4.91 Å². The predicted octanol–water partition coefficient (Wildman–Crippen LogP) is 0.624. The van der Waals surface area contributed by atoms with Crippen LogP contribution in [0.15, 0.2) is 10.6 Å². The Kier molecular flexibility index (Phi) is 2.70. The molecule has 0 bridgehead atoms. The van der Waals surface area contributed by atoms with Crippen LogP contribution in [0, 0.1) is 0 Å². The van der Waals surface area contributed by atoms with Gasteiger partial charge in [0, 0.05) is 18.4 Å². The maximum Gasteiger partial charge on any atom is 0.353 e. The number of hydrogen-bond acceptors (Lipinski definition) is 4. The Morgan fingerprint density at radius 3 is 3.00 bits per heavy atom. The van der Waals surface area contributed by atoms with E-state index in [4.69, 9.17) is 9.84 Å². The fourth-order valence-corrected chi connectivity index (χ4v) is 3.08. The van der Waals surface area contributed by atoms with Crippen LogP contribution in [0.1, 0.15) is 12.8 Å². The van der Waals surface area contributed by atoms with Crippen molar-refractivity contribution in [1.29, 1.82) is 0 Å². The molecule has 1 saturated heterocycles. The molecule has 0 aromatic rings. The molecule has 2 rings (SSSR count). The number of carbonyl (C=O) groups excluding carboxylic acids is 1. The van der Waals surface area contributed by atoms with E-state index in [1.165, 1.54) is 16.7 Å². The molecule has 0 aromatic carbocycles. The van der Waals surface area contributed by atoms with Gasteiger partial charge in [0.25, 0.3) is 0 Å². The number of β-lactam (4-membered cyclic amide) rings is 1. The number of hydrogen-bond donors (Lipinski definition) is 1. The van der Waals surface area contributed by atoms with Crippen molar-refractivity contribution >= 4 is 23.6 Å². The molecule has 15 heavy (non-hydrogen) atoms. The van der Waals surface area contributed by atoms with Crippen LogP contribution in [-0.2, 0) is 14.3 Å². The Labute approximate surface area is 91.1 Å². The molecule has 2 heterocycles. The number of rotatable bonds is 4. The van der Waals surface area contributed by atoms with E-state index in [0.29, 0.717) is 19.4 Å². The molecule has 1 amide bonds. The number of carbonyl (C=O) groups is 2. The number of carboxylic acid groups (broad SMARTS) is 1. The lowest BCUT2D eigenvalue weighted by atomic mass is 10.1. The van der Waals surface area contributed by atoms with E-state index in [1.807, 2.05) is 0 Å². The largest absolute Gasteiger partial charge is 0.477 e. The average Bonchev–Trinajstić information content (AvgIpc) is 2.47. The summed E-state index contributed by atoms with van der Waals surface area (Å²) in [6.07, 6.45) is 1.00. The summed E-state index contributed by atoms with van der Waals surface area (Å²) in [5.41, 5.74) is 0.151. The normalized spacial score (nSPS) is 24.2. The molecule has 0 aliphatic carbocycles. The fraction of sp³-hybridized carbons (Fsp3) is 0.556. The zero-order valence-corrected chi connectivity index (χ0v) is 9.04. The van der Waals surface area contributed by atoms with Gasteiger partial charge in [-0.1, -0.05) is 0 Å². The summed E-state index contributed by atoms with van der Waals surface area (Å²) in [6.45, 7) is 0.480. The van der Waals surface area contributed by atoms with Crippen LogP contribution in [0.4, 0.5) is 0 Å². The van der Waals surface area contributed by atoms with Crippen LogP contribution in [0.25, 0.3) is 0 Å². The van der Waals surface area contributed by atoms with Crippen molar-refractivity contribution in [3.8, 4) is 0 Å². The molecule has 0 unspecified atom stereocenters. The summed E-state index contributed by atoms with van der Waals surface area (Å²) in [4.78, 5) is 24.4. The number of methoxy groups -OCH3 is 1. The van der Waals surface area contributed by atoms with Gasteiger partial charge in [-0.3, -0.25) is 9.69 Å². The third-order valence-corrected chi connectivity index (χ3v) is 3.76. The highest BCUT2D eigenvalue weighted by molar-refractivity contribution is 8.04. The van der Waals surface area contributed by atoms with Gasteiger partial charge in [-0.05, 0) is 0 Å². The molecule has 2 aliphatic rings. The zero-order chi connectivity index (χ0) is 11.0. The SMILES string of the molecule is COCCC1=C(C(=O)O)N2C(=O)C[C@@H]2S1. The van der Waals surface area contributed by atoms with Crippen molar-refractivity contribution in [3.63, 3.8) is 0 Å². The molecular formula is C9H11NO4S.